The summed E-state index contributed by atoms with van der Waals surface area (Å²) in [5.41, 5.74) is 0. The summed E-state index contributed by atoms with van der Waals surface area (Å²) in [6.45, 7) is 5.16. The van der Waals surface area contributed by atoms with Crippen molar-refractivity contribution in [3.8, 4) is 0 Å². The van der Waals surface area contributed by atoms with Gasteiger partial charge in [0.05, 0.1) is 12.9 Å². The van der Waals surface area contributed by atoms with Crippen LogP contribution < -0.4 is 0 Å². The number of nitrogens with zero attached hydrogens (tertiary/aromatic N) is 2. The Morgan fingerprint density at radius 3 is 3.00 bits per heavy atom. The summed E-state index contributed by atoms with van der Waals surface area (Å²) in [5, 5.41) is 0. The van der Waals surface area contributed by atoms with Crippen molar-refractivity contribution in [3.05, 3.63) is 12.7 Å². The molecule has 1 atom stereocenters. The molecule has 0 saturated heterocycles. The van der Waals surface area contributed by atoms with Crippen LogP contribution in [0.1, 0.15) is 0 Å². The normalized spacial score (nSPS) is 19.0. The molecule has 0 aromatic carbocycles. The van der Waals surface area contributed by atoms with Gasteiger partial charge in [-0.15, -0.1) is 6.58 Å². The third-order valence-electron chi connectivity index (χ3n) is 1.48. The molecular weight excluding hydrogens is 128 g/mol. The molecule has 0 amide bonds. The van der Waals surface area contributed by atoms with Crippen LogP contribution in [-0.4, -0.2) is 36.7 Å². The van der Waals surface area contributed by atoms with Gasteiger partial charge in [-0.25, -0.2) is 0 Å². The van der Waals surface area contributed by atoms with E-state index in [1.165, 1.54) is 0 Å². The molecule has 0 spiro atoms. The van der Waals surface area contributed by atoms with E-state index in [2.05, 4.69) is 11.6 Å². The van der Waals surface area contributed by atoms with E-state index in [1.54, 1.807) is 12.4 Å². The minimum absolute atomic E-state index is 0.189. The van der Waals surface area contributed by atoms with Crippen LogP contribution in [0.2, 0.25) is 0 Å². The molecule has 0 aliphatic carbocycles. The third-order valence-corrected chi connectivity index (χ3v) is 1.48. The lowest BCUT2D eigenvalue weighted by Crippen LogP contribution is -2.32. The quantitative estimate of drug-likeness (QED) is 0.409. The highest BCUT2D eigenvalue weighted by atomic mass is 16.1. The summed E-state index contributed by atoms with van der Waals surface area (Å²) >= 11 is 0. The number of rotatable bonds is 3. The summed E-state index contributed by atoms with van der Waals surface area (Å²) < 4.78 is 0. The van der Waals surface area contributed by atoms with E-state index in [9.17, 15) is 4.79 Å². The molecule has 0 aromatic heterocycles. The average Bonchev–Trinajstić information content (AvgIpc) is 2.43. The lowest BCUT2D eigenvalue weighted by atomic mass is 10.3. The molecule has 3 heteroatoms. The Bertz CT molecular complexity index is 157. The maximum Gasteiger partial charge on any atom is 0.146 e. The summed E-state index contributed by atoms with van der Waals surface area (Å²) in [6, 6.07) is -0.189. The fourth-order valence-electron chi connectivity index (χ4n) is 0.889. The van der Waals surface area contributed by atoms with Crippen LogP contribution in [0, 0.1) is 0 Å². The van der Waals surface area contributed by atoms with Crippen LogP contribution in [0.15, 0.2) is 17.6 Å². The predicted octanol–water partition coefficient (Wildman–Crippen LogP) is 0.0838. The van der Waals surface area contributed by atoms with Crippen molar-refractivity contribution >= 4 is 12.6 Å². The third kappa shape index (κ3) is 1.23. The zero-order chi connectivity index (χ0) is 7.40. The van der Waals surface area contributed by atoms with E-state index in [1.807, 2.05) is 4.90 Å². The van der Waals surface area contributed by atoms with Crippen molar-refractivity contribution in [1.29, 1.82) is 0 Å². The van der Waals surface area contributed by atoms with Crippen molar-refractivity contribution < 1.29 is 4.79 Å². The SMILES string of the molecule is C=CC(C=O)N1C=NCC1. The smallest absolute Gasteiger partial charge is 0.146 e. The van der Waals surface area contributed by atoms with E-state index < -0.39 is 0 Å². The molecule has 1 rings (SSSR count). The van der Waals surface area contributed by atoms with Gasteiger partial charge in [-0.05, 0) is 0 Å². The second-order valence-electron chi connectivity index (χ2n) is 2.12. The second kappa shape index (κ2) is 3.15. The van der Waals surface area contributed by atoms with Gasteiger partial charge >= 0.3 is 0 Å². The number of aliphatic imine (C=N–C) groups is 1. The first-order valence-corrected chi connectivity index (χ1v) is 3.22. The summed E-state index contributed by atoms with van der Waals surface area (Å²) in [6.07, 6.45) is 4.18. The fourth-order valence-corrected chi connectivity index (χ4v) is 0.889. The monoisotopic (exact) mass is 138 g/mol. The Morgan fingerprint density at radius 2 is 2.60 bits per heavy atom. The molecule has 1 aliphatic rings. The van der Waals surface area contributed by atoms with Crippen LogP contribution >= 0.6 is 0 Å². The van der Waals surface area contributed by atoms with Gasteiger partial charge in [0.25, 0.3) is 0 Å². The molecule has 1 heterocycles. The topological polar surface area (TPSA) is 32.7 Å². The average molecular weight is 138 g/mol. The first-order valence-electron chi connectivity index (χ1n) is 3.22. The summed E-state index contributed by atoms with van der Waals surface area (Å²) in [7, 11) is 0. The van der Waals surface area contributed by atoms with Crippen molar-refractivity contribution in [2.45, 2.75) is 6.04 Å². The van der Waals surface area contributed by atoms with E-state index in [0.717, 1.165) is 19.4 Å². The van der Waals surface area contributed by atoms with Crippen molar-refractivity contribution in [1.82, 2.24) is 4.90 Å². The van der Waals surface area contributed by atoms with E-state index in [-0.39, 0.29) is 6.04 Å². The van der Waals surface area contributed by atoms with E-state index in [4.69, 9.17) is 0 Å². The largest absolute Gasteiger partial charge is 0.348 e. The number of hydrogen-bond donors (Lipinski definition) is 0. The van der Waals surface area contributed by atoms with Gasteiger partial charge in [-0.3, -0.25) is 4.99 Å². The van der Waals surface area contributed by atoms with Crippen LogP contribution in [0.3, 0.4) is 0 Å². The van der Waals surface area contributed by atoms with Crippen LogP contribution in [0.4, 0.5) is 0 Å². The Hall–Kier alpha value is -1.12. The van der Waals surface area contributed by atoms with Crippen molar-refractivity contribution in [2.75, 3.05) is 13.1 Å². The van der Waals surface area contributed by atoms with Gasteiger partial charge in [0.2, 0.25) is 0 Å². The molecule has 0 N–H and O–H groups in total. The molecule has 54 valence electrons. The Morgan fingerprint density at radius 1 is 1.80 bits per heavy atom. The maximum absolute atomic E-state index is 10.3. The van der Waals surface area contributed by atoms with Gasteiger partial charge < -0.3 is 9.69 Å². The predicted molar refractivity (Wildman–Crippen MR) is 40.1 cm³/mol. The molecule has 10 heavy (non-hydrogen) atoms. The molecule has 0 fully saturated rings. The molecule has 0 aromatic rings. The summed E-state index contributed by atoms with van der Waals surface area (Å²) in [4.78, 5) is 16.2. The lowest BCUT2D eigenvalue weighted by Gasteiger charge is -2.17. The van der Waals surface area contributed by atoms with Gasteiger partial charge in [0, 0.05) is 6.54 Å². The van der Waals surface area contributed by atoms with Crippen molar-refractivity contribution in [3.63, 3.8) is 0 Å². The molecule has 1 aliphatic heterocycles. The maximum atomic E-state index is 10.3. The highest BCUT2D eigenvalue weighted by molar-refractivity contribution is 5.69. The zero-order valence-corrected chi connectivity index (χ0v) is 5.73. The molecule has 0 radical (unpaired) electrons. The van der Waals surface area contributed by atoms with Crippen LogP contribution in [0.5, 0.6) is 0 Å². The first-order chi connectivity index (χ1) is 4.88. The number of carbonyl (C=O) groups excluding carboxylic acids is 1. The highest BCUT2D eigenvalue weighted by Gasteiger charge is 2.12. The summed E-state index contributed by atoms with van der Waals surface area (Å²) in [5.74, 6) is 0. The lowest BCUT2D eigenvalue weighted by molar-refractivity contribution is -0.109. The van der Waals surface area contributed by atoms with Crippen LogP contribution in [0.25, 0.3) is 0 Å². The fraction of sp³-hybridized carbons (Fsp3) is 0.429. The zero-order valence-electron chi connectivity index (χ0n) is 5.73. The highest BCUT2D eigenvalue weighted by Crippen LogP contribution is 1.99. The molecule has 0 saturated carbocycles. The number of hydrogen-bond acceptors (Lipinski definition) is 3. The van der Waals surface area contributed by atoms with E-state index >= 15 is 0 Å². The second-order valence-corrected chi connectivity index (χ2v) is 2.12. The minimum atomic E-state index is -0.189. The molecular formula is C7H10N2O. The number of carbonyl (C=O) groups is 1. The Kier molecular flexibility index (Phi) is 2.20. The Balaban J connectivity index is 2.52. The minimum Gasteiger partial charge on any atom is -0.348 e. The molecule has 0 bridgehead atoms. The van der Waals surface area contributed by atoms with Gasteiger partial charge in [-0.2, -0.15) is 0 Å². The van der Waals surface area contributed by atoms with Gasteiger partial charge in [0.1, 0.15) is 12.3 Å². The number of aldehydes is 1. The molecule has 1 unspecified atom stereocenters. The Labute approximate surface area is 60.1 Å². The molecule has 3 nitrogen and oxygen atoms in total. The van der Waals surface area contributed by atoms with Gasteiger partial charge in [0.15, 0.2) is 0 Å². The van der Waals surface area contributed by atoms with Gasteiger partial charge in [-0.1, -0.05) is 6.08 Å². The first kappa shape index (κ1) is 6.99. The van der Waals surface area contributed by atoms with Crippen LogP contribution in [-0.2, 0) is 4.79 Å². The van der Waals surface area contributed by atoms with Crippen molar-refractivity contribution in [2.24, 2.45) is 4.99 Å². The van der Waals surface area contributed by atoms with E-state index in [0.29, 0.717) is 0 Å². The standard InChI is InChI=1S/C7H10N2O/c1-2-7(5-10)9-4-3-8-6-9/h2,5-7H,1,3-4H2.